The predicted octanol–water partition coefficient (Wildman–Crippen LogP) is 2.06. The average Bonchev–Trinajstić information content (AvgIpc) is 2.16. The van der Waals surface area contributed by atoms with Crippen molar-refractivity contribution in [3.8, 4) is 0 Å². The first-order valence-electron chi connectivity index (χ1n) is 6.02. The molecule has 0 heterocycles. The summed E-state index contributed by atoms with van der Waals surface area (Å²) in [6.45, 7) is 3.71. The molecule has 2 heteroatoms. The van der Waals surface area contributed by atoms with Gasteiger partial charge in [0, 0.05) is 19.6 Å². The van der Waals surface area contributed by atoms with Crippen molar-refractivity contribution in [2.45, 2.75) is 32.1 Å². The van der Waals surface area contributed by atoms with Crippen molar-refractivity contribution in [3.05, 3.63) is 0 Å². The van der Waals surface area contributed by atoms with Crippen LogP contribution in [0.1, 0.15) is 32.1 Å². The van der Waals surface area contributed by atoms with E-state index in [1.807, 2.05) is 0 Å². The molecule has 84 valence electrons. The highest BCUT2D eigenvalue weighted by Crippen LogP contribution is 2.23. The van der Waals surface area contributed by atoms with Gasteiger partial charge in [-0.2, -0.15) is 0 Å². The summed E-state index contributed by atoms with van der Waals surface area (Å²) in [5, 5.41) is 0. The van der Waals surface area contributed by atoms with E-state index in [1.54, 1.807) is 0 Å². The molecule has 0 aliphatic heterocycles. The summed E-state index contributed by atoms with van der Waals surface area (Å²) in [5.41, 5.74) is 0. The highest BCUT2D eigenvalue weighted by Gasteiger charge is 2.14. The highest BCUT2D eigenvalue weighted by molar-refractivity contribution is 4.69. The third kappa shape index (κ3) is 4.97. The van der Waals surface area contributed by atoms with Gasteiger partial charge in [-0.3, -0.25) is 0 Å². The van der Waals surface area contributed by atoms with E-state index in [0.29, 0.717) is 0 Å². The largest absolute Gasteiger partial charge is 0.308 e. The summed E-state index contributed by atoms with van der Waals surface area (Å²) < 4.78 is 0. The van der Waals surface area contributed by atoms with E-state index in [9.17, 15) is 0 Å². The van der Waals surface area contributed by atoms with Crippen molar-refractivity contribution in [1.82, 2.24) is 9.80 Å². The molecule has 2 nitrogen and oxygen atoms in total. The van der Waals surface area contributed by atoms with Crippen LogP contribution in [0, 0.1) is 5.92 Å². The zero-order valence-electron chi connectivity index (χ0n) is 10.1. The maximum atomic E-state index is 2.50. The number of likely N-dealkylation sites (N-methyl/N-ethyl adjacent to an activating group) is 2. The zero-order chi connectivity index (χ0) is 10.4. The molecule has 0 N–H and O–H groups in total. The Morgan fingerprint density at radius 3 is 2.14 bits per heavy atom. The van der Waals surface area contributed by atoms with Gasteiger partial charge in [-0.05, 0) is 39.9 Å². The third-order valence-electron chi connectivity index (χ3n) is 3.22. The number of rotatable bonds is 5. The van der Waals surface area contributed by atoms with Crippen molar-refractivity contribution in [2.24, 2.45) is 5.92 Å². The molecule has 1 aliphatic carbocycles. The van der Waals surface area contributed by atoms with E-state index in [-0.39, 0.29) is 0 Å². The Labute approximate surface area is 89.3 Å². The van der Waals surface area contributed by atoms with Gasteiger partial charge >= 0.3 is 0 Å². The van der Waals surface area contributed by atoms with Gasteiger partial charge in [0.25, 0.3) is 0 Å². The van der Waals surface area contributed by atoms with Crippen LogP contribution in [0.5, 0.6) is 0 Å². The zero-order valence-corrected chi connectivity index (χ0v) is 10.1. The van der Waals surface area contributed by atoms with E-state index < -0.39 is 0 Å². The number of hydrogen-bond donors (Lipinski definition) is 0. The normalized spacial score (nSPS) is 19.5. The molecule has 1 aliphatic rings. The fraction of sp³-hybridized carbons (Fsp3) is 1.00. The Morgan fingerprint density at radius 1 is 0.929 bits per heavy atom. The molecule has 0 radical (unpaired) electrons. The lowest BCUT2D eigenvalue weighted by Gasteiger charge is -2.27. The SMILES string of the molecule is CN(C)CCN(C)CC1CCCCC1. The van der Waals surface area contributed by atoms with Crippen molar-refractivity contribution < 1.29 is 0 Å². The number of hydrogen-bond acceptors (Lipinski definition) is 2. The third-order valence-corrected chi connectivity index (χ3v) is 3.22. The smallest absolute Gasteiger partial charge is 0.0106 e. The van der Waals surface area contributed by atoms with Crippen LogP contribution in [0.3, 0.4) is 0 Å². The van der Waals surface area contributed by atoms with Gasteiger partial charge in [0.15, 0.2) is 0 Å². The molecule has 0 aromatic rings. The van der Waals surface area contributed by atoms with Crippen molar-refractivity contribution in [3.63, 3.8) is 0 Å². The quantitative estimate of drug-likeness (QED) is 0.667. The van der Waals surface area contributed by atoms with Crippen molar-refractivity contribution in [2.75, 3.05) is 40.8 Å². The summed E-state index contributed by atoms with van der Waals surface area (Å²) in [5.74, 6) is 0.982. The first kappa shape index (κ1) is 12.0. The van der Waals surface area contributed by atoms with E-state index >= 15 is 0 Å². The molecule has 0 spiro atoms. The minimum atomic E-state index is 0.982. The summed E-state index contributed by atoms with van der Waals surface area (Å²) in [6.07, 6.45) is 7.33. The Hall–Kier alpha value is -0.0800. The summed E-state index contributed by atoms with van der Waals surface area (Å²) in [4.78, 5) is 4.76. The van der Waals surface area contributed by atoms with Crippen molar-refractivity contribution in [1.29, 1.82) is 0 Å². The van der Waals surface area contributed by atoms with E-state index in [1.165, 1.54) is 51.7 Å². The van der Waals surface area contributed by atoms with Crippen LogP contribution in [0.4, 0.5) is 0 Å². The van der Waals surface area contributed by atoms with Crippen LogP contribution in [0.25, 0.3) is 0 Å². The van der Waals surface area contributed by atoms with Crippen LogP contribution >= 0.6 is 0 Å². The van der Waals surface area contributed by atoms with Crippen LogP contribution in [-0.4, -0.2) is 50.6 Å². The molecule has 0 bridgehead atoms. The molecular weight excluding hydrogens is 172 g/mol. The fourth-order valence-corrected chi connectivity index (χ4v) is 2.27. The lowest BCUT2D eigenvalue weighted by Crippen LogP contribution is -2.33. The highest BCUT2D eigenvalue weighted by atomic mass is 15.1. The lowest BCUT2D eigenvalue weighted by atomic mass is 9.89. The minimum Gasteiger partial charge on any atom is -0.308 e. The average molecular weight is 198 g/mol. The second-order valence-electron chi connectivity index (χ2n) is 5.07. The molecule has 0 aromatic carbocycles. The maximum Gasteiger partial charge on any atom is 0.0106 e. The molecule has 1 fully saturated rings. The topological polar surface area (TPSA) is 6.48 Å². The van der Waals surface area contributed by atoms with Crippen LogP contribution in [-0.2, 0) is 0 Å². The molecule has 1 rings (SSSR count). The van der Waals surface area contributed by atoms with Gasteiger partial charge in [-0.15, -0.1) is 0 Å². The Morgan fingerprint density at radius 2 is 1.57 bits per heavy atom. The monoisotopic (exact) mass is 198 g/mol. The minimum absolute atomic E-state index is 0.982. The van der Waals surface area contributed by atoms with E-state index in [0.717, 1.165) is 5.92 Å². The van der Waals surface area contributed by atoms with Crippen molar-refractivity contribution >= 4 is 0 Å². The van der Waals surface area contributed by atoms with Crippen LogP contribution in [0.15, 0.2) is 0 Å². The molecule has 14 heavy (non-hydrogen) atoms. The second-order valence-corrected chi connectivity index (χ2v) is 5.07. The standard InChI is InChI=1S/C12H26N2/c1-13(2)9-10-14(3)11-12-7-5-4-6-8-12/h12H,4-11H2,1-3H3. The molecule has 0 amide bonds. The summed E-state index contributed by atoms with van der Waals surface area (Å²) in [6, 6.07) is 0. The first-order valence-corrected chi connectivity index (χ1v) is 6.02. The predicted molar refractivity (Wildman–Crippen MR) is 62.6 cm³/mol. The Bertz CT molecular complexity index is 139. The molecule has 0 atom stereocenters. The summed E-state index contributed by atoms with van der Waals surface area (Å²) >= 11 is 0. The van der Waals surface area contributed by atoms with Crippen LogP contribution < -0.4 is 0 Å². The van der Waals surface area contributed by atoms with Gasteiger partial charge in [0.05, 0.1) is 0 Å². The van der Waals surface area contributed by atoms with Gasteiger partial charge in [-0.25, -0.2) is 0 Å². The molecular formula is C12H26N2. The Balaban J connectivity index is 2.09. The van der Waals surface area contributed by atoms with Gasteiger partial charge in [-0.1, -0.05) is 19.3 Å². The summed E-state index contributed by atoms with van der Waals surface area (Å²) in [7, 11) is 6.56. The maximum absolute atomic E-state index is 2.50. The van der Waals surface area contributed by atoms with Gasteiger partial charge in [0.2, 0.25) is 0 Å². The van der Waals surface area contributed by atoms with Gasteiger partial charge in [0.1, 0.15) is 0 Å². The molecule has 0 unspecified atom stereocenters. The molecule has 0 aromatic heterocycles. The first-order chi connectivity index (χ1) is 6.68. The fourth-order valence-electron chi connectivity index (χ4n) is 2.27. The Kier molecular flexibility index (Phi) is 5.49. The van der Waals surface area contributed by atoms with Gasteiger partial charge < -0.3 is 9.80 Å². The molecule has 0 saturated heterocycles. The second kappa shape index (κ2) is 6.41. The lowest BCUT2D eigenvalue weighted by molar-refractivity contribution is 0.216. The van der Waals surface area contributed by atoms with E-state index in [2.05, 4.69) is 30.9 Å². The van der Waals surface area contributed by atoms with Crippen LogP contribution in [0.2, 0.25) is 0 Å². The number of nitrogens with zero attached hydrogens (tertiary/aromatic N) is 2. The van der Waals surface area contributed by atoms with E-state index in [4.69, 9.17) is 0 Å². The molecule has 1 saturated carbocycles.